The molecule has 0 saturated carbocycles. The molecule has 1 aromatic heterocycles. The van der Waals surface area contributed by atoms with Gasteiger partial charge in [-0.25, -0.2) is 0 Å². The van der Waals surface area contributed by atoms with Gasteiger partial charge in [0, 0.05) is 16.9 Å². The third-order valence-electron chi connectivity index (χ3n) is 3.56. The highest BCUT2D eigenvalue weighted by molar-refractivity contribution is 7.99. The molecule has 0 amide bonds. The molecule has 0 aliphatic carbocycles. The van der Waals surface area contributed by atoms with Crippen molar-refractivity contribution in [1.82, 2.24) is 10.2 Å². The number of thioether (sulfide) groups is 1. The van der Waals surface area contributed by atoms with Gasteiger partial charge in [0.1, 0.15) is 11.9 Å². The Bertz CT molecular complexity index is 609. The number of H-pyrrole nitrogens is 1. The Balaban J connectivity index is 1.97. The number of aromatic nitrogens is 2. The van der Waals surface area contributed by atoms with Crippen molar-refractivity contribution in [3.05, 3.63) is 24.4 Å². The SMILES string of the molecule is COc1cccc(-c2cn[nH]c2N)c1OC1CCCSC1. The largest absolute Gasteiger partial charge is 0.493 e. The van der Waals surface area contributed by atoms with Crippen LogP contribution in [0.25, 0.3) is 11.1 Å². The van der Waals surface area contributed by atoms with Gasteiger partial charge >= 0.3 is 0 Å². The maximum atomic E-state index is 6.24. The standard InChI is InChI=1S/C15H19N3O2S/c1-19-13-6-2-5-11(12-8-17-18-15(12)16)14(13)20-10-4-3-7-21-9-10/h2,5-6,8,10H,3-4,7,9H2,1H3,(H3,16,17,18). The summed E-state index contributed by atoms with van der Waals surface area (Å²) < 4.78 is 11.7. The summed E-state index contributed by atoms with van der Waals surface area (Å²) in [6.45, 7) is 0. The average molecular weight is 305 g/mol. The van der Waals surface area contributed by atoms with Crippen molar-refractivity contribution in [1.29, 1.82) is 0 Å². The van der Waals surface area contributed by atoms with Gasteiger partial charge in [0.2, 0.25) is 0 Å². The zero-order chi connectivity index (χ0) is 14.7. The van der Waals surface area contributed by atoms with Crippen molar-refractivity contribution in [3.8, 4) is 22.6 Å². The second kappa shape index (κ2) is 6.30. The second-order valence-corrected chi connectivity index (χ2v) is 6.14. The summed E-state index contributed by atoms with van der Waals surface area (Å²) in [5.41, 5.74) is 7.70. The van der Waals surface area contributed by atoms with Crippen molar-refractivity contribution in [2.45, 2.75) is 18.9 Å². The Hall–Kier alpha value is -1.82. The summed E-state index contributed by atoms with van der Waals surface area (Å²) in [6, 6.07) is 5.82. The van der Waals surface area contributed by atoms with E-state index in [1.165, 1.54) is 12.2 Å². The molecule has 3 rings (SSSR count). The number of para-hydroxylation sites is 1. The van der Waals surface area contributed by atoms with Gasteiger partial charge in [-0.2, -0.15) is 16.9 Å². The molecule has 3 N–H and O–H groups in total. The molecule has 5 nitrogen and oxygen atoms in total. The Labute approximate surface area is 128 Å². The highest BCUT2D eigenvalue weighted by Gasteiger charge is 2.21. The van der Waals surface area contributed by atoms with Crippen molar-refractivity contribution in [2.24, 2.45) is 0 Å². The molecule has 0 bridgehead atoms. The van der Waals surface area contributed by atoms with Gasteiger partial charge in [-0.3, -0.25) is 5.10 Å². The van der Waals surface area contributed by atoms with E-state index < -0.39 is 0 Å². The van der Waals surface area contributed by atoms with Gasteiger partial charge in [0.15, 0.2) is 11.5 Å². The summed E-state index contributed by atoms with van der Waals surface area (Å²) in [7, 11) is 1.65. The van der Waals surface area contributed by atoms with Crippen LogP contribution in [0.5, 0.6) is 11.5 Å². The molecule has 1 atom stereocenters. The highest BCUT2D eigenvalue weighted by atomic mass is 32.2. The molecular formula is C15H19N3O2S. The predicted molar refractivity (Wildman–Crippen MR) is 86.0 cm³/mol. The number of hydrogen-bond acceptors (Lipinski definition) is 5. The van der Waals surface area contributed by atoms with E-state index in [0.717, 1.165) is 34.8 Å². The van der Waals surface area contributed by atoms with E-state index in [9.17, 15) is 0 Å². The van der Waals surface area contributed by atoms with Crippen LogP contribution < -0.4 is 15.2 Å². The number of nitrogen functional groups attached to an aromatic ring is 1. The Morgan fingerprint density at radius 3 is 2.95 bits per heavy atom. The molecule has 21 heavy (non-hydrogen) atoms. The number of rotatable bonds is 4. The fraction of sp³-hybridized carbons (Fsp3) is 0.400. The molecule has 2 aromatic rings. The zero-order valence-corrected chi connectivity index (χ0v) is 12.8. The van der Waals surface area contributed by atoms with Crippen molar-refractivity contribution in [3.63, 3.8) is 0 Å². The van der Waals surface area contributed by atoms with Gasteiger partial charge in [0.25, 0.3) is 0 Å². The first-order chi connectivity index (χ1) is 10.3. The molecule has 6 heteroatoms. The Kier molecular flexibility index (Phi) is 4.24. The van der Waals surface area contributed by atoms with Crippen LogP contribution in [0.15, 0.2) is 24.4 Å². The average Bonchev–Trinajstić information content (AvgIpc) is 2.94. The van der Waals surface area contributed by atoms with E-state index >= 15 is 0 Å². The van der Waals surface area contributed by atoms with E-state index in [-0.39, 0.29) is 6.10 Å². The third-order valence-corrected chi connectivity index (χ3v) is 4.75. The number of anilines is 1. The number of methoxy groups -OCH3 is 1. The number of ether oxygens (including phenoxy) is 2. The highest BCUT2D eigenvalue weighted by Crippen LogP contribution is 2.41. The Morgan fingerprint density at radius 1 is 1.38 bits per heavy atom. The summed E-state index contributed by atoms with van der Waals surface area (Å²) in [6.07, 6.45) is 4.19. The van der Waals surface area contributed by atoms with Crippen LogP contribution in [0.4, 0.5) is 5.82 Å². The molecule has 1 aliphatic rings. The number of nitrogens with one attached hydrogen (secondary N) is 1. The van der Waals surface area contributed by atoms with Crippen LogP contribution in [0.1, 0.15) is 12.8 Å². The van der Waals surface area contributed by atoms with Crippen LogP contribution in [-0.2, 0) is 0 Å². The van der Waals surface area contributed by atoms with Crippen LogP contribution in [0.3, 0.4) is 0 Å². The molecule has 1 fully saturated rings. The van der Waals surface area contributed by atoms with Crippen LogP contribution in [0, 0.1) is 0 Å². The minimum atomic E-state index is 0.215. The molecule has 1 unspecified atom stereocenters. The number of nitrogens with zero attached hydrogens (tertiary/aromatic N) is 1. The number of hydrogen-bond donors (Lipinski definition) is 2. The topological polar surface area (TPSA) is 73.2 Å². The van der Waals surface area contributed by atoms with Crippen LogP contribution in [0.2, 0.25) is 0 Å². The van der Waals surface area contributed by atoms with Gasteiger partial charge < -0.3 is 15.2 Å². The summed E-state index contributed by atoms with van der Waals surface area (Å²) in [4.78, 5) is 0. The first-order valence-corrected chi connectivity index (χ1v) is 8.15. The van der Waals surface area contributed by atoms with E-state index in [1.807, 2.05) is 30.0 Å². The van der Waals surface area contributed by atoms with Gasteiger partial charge in [-0.05, 0) is 24.7 Å². The number of aromatic amines is 1. The number of benzene rings is 1. The number of nitrogens with two attached hydrogens (primary N) is 1. The first kappa shape index (κ1) is 14.1. The van der Waals surface area contributed by atoms with Crippen LogP contribution in [-0.4, -0.2) is 34.9 Å². The van der Waals surface area contributed by atoms with Gasteiger partial charge in [-0.1, -0.05) is 12.1 Å². The van der Waals surface area contributed by atoms with Gasteiger partial charge in [-0.15, -0.1) is 0 Å². The van der Waals surface area contributed by atoms with E-state index in [2.05, 4.69) is 10.2 Å². The molecule has 1 aromatic carbocycles. The minimum Gasteiger partial charge on any atom is -0.493 e. The minimum absolute atomic E-state index is 0.215. The van der Waals surface area contributed by atoms with Gasteiger partial charge in [0.05, 0.1) is 13.3 Å². The second-order valence-electron chi connectivity index (χ2n) is 4.99. The normalized spacial score (nSPS) is 18.4. The third kappa shape index (κ3) is 2.95. The molecule has 112 valence electrons. The van der Waals surface area contributed by atoms with Crippen LogP contribution >= 0.6 is 11.8 Å². The summed E-state index contributed by atoms with van der Waals surface area (Å²) in [5, 5.41) is 6.75. The summed E-state index contributed by atoms with van der Waals surface area (Å²) >= 11 is 1.93. The molecule has 1 saturated heterocycles. The quantitative estimate of drug-likeness (QED) is 0.908. The lowest BCUT2D eigenvalue weighted by molar-refractivity contribution is 0.203. The zero-order valence-electron chi connectivity index (χ0n) is 12.0. The maximum Gasteiger partial charge on any atom is 0.169 e. The molecule has 1 aliphatic heterocycles. The van der Waals surface area contributed by atoms with E-state index in [0.29, 0.717) is 5.82 Å². The van der Waals surface area contributed by atoms with Crippen molar-refractivity contribution < 1.29 is 9.47 Å². The van der Waals surface area contributed by atoms with E-state index in [4.69, 9.17) is 15.2 Å². The smallest absolute Gasteiger partial charge is 0.169 e. The Morgan fingerprint density at radius 2 is 2.29 bits per heavy atom. The van der Waals surface area contributed by atoms with Crippen molar-refractivity contribution >= 4 is 17.6 Å². The fourth-order valence-corrected chi connectivity index (χ4v) is 3.53. The monoisotopic (exact) mass is 305 g/mol. The lowest BCUT2D eigenvalue weighted by Gasteiger charge is -2.25. The molecule has 0 radical (unpaired) electrons. The maximum absolute atomic E-state index is 6.24. The molecular weight excluding hydrogens is 286 g/mol. The first-order valence-electron chi connectivity index (χ1n) is 7.00. The fourth-order valence-electron chi connectivity index (χ4n) is 2.49. The molecule has 2 heterocycles. The van der Waals surface area contributed by atoms with E-state index in [1.54, 1.807) is 13.3 Å². The lowest BCUT2D eigenvalue weighted by atomic mass is 10.1. The summed E-state index contributed by atoms with van der Waals surface area (Å²) in [5.74, 6) is 4.24. The molecule has 0 spiro atoms. The van der Waals surface area contributed by atoms with Crippen molar-refractivity contribution in [2.75, 3.05) is 24.3 Å². The predicted octanol–water partition coefficient (Wildman–Crippen LogP) is 2.94. The lowest BCUT2D eigenvalue weighted by Crippen LogP contribution is -2.23.